The molecule has 82 valence electrons. The van der Waals surface area contributed by atoms with Crippen LogP contribution in [0.4, 0.5) is 0 Å². The van der Waals surface area contributed by atoms with E-state index in [0.29, 0.717) is 13.4 Å². The Bertz CT molecular complexity index is 385. The number of ether oxygens (including phenoxy) is 2. The lowest BCUT2D eigenvalue weighted by Crippen LogP contribution is -2.31. The Labute approximate surface area is 97.7 Å². The van der Waals surface area contributed by atoms with Crippen LogP contribution in [0.3, 0.4) is 0 Å². The molecule has 1 aromatic carbocycles. The smallest absolute Gasteiger partial charge is 0.189 e. The number of nitrogens with two attached hydrogens (primary N) is 1. The molecule has 0 aliphatic carbocycles. The van der Waals surface area contributed by atoms with Crippen LogP contribution in [-0.2, 0) is 16.9 Å². The van der Waals surface area contributed by atoms with E-state index in [1.807, 2.05) is 26.0 Å². The minimum atomic E-state index is -0.408. The van der Waals surface area contributed by atoms with Crippen LogP contribution in [0.2, 0.25) is 0 Å². The number of benzene rings is 1. The molecule has 3 nitrogen and oxygen atoms in total. The van der Waals surface area contributed by atoms with E-state index in [1.54, 1.807) is 0 Å². The second-order valence-corrected chi connectivity index (χ2v) is 5.09. The Balaban J connectivity index is 2.60. The Morgan fingerprint density at radius 2 is 2.13 bits per heavy atom. The van der Waals surface area contributed by atoms with E-state index < -0.39 is 5.54 Å². The van der Waals surface area contributed by atoms with E-state index in [1.165, 1.54) is 0 Å². The van der Waals surface area contributed by atoms with E-state index >= 15 is 0 Å². The van der Waals surface area contributed by atoms with Crippen molar-refractivity contribution in [1.82, 2.24) is 0 Å². The summed E-state index contributed by atoms with van der Waals surface area (Å²) in [4.78, 5) is 0. The Kier molecular flexibility index (Phi) is 2.75. The van der Waals surface area contributed by atoms with Crippen molar-refractivity contribution in [2.24, 2.45) is 5.73 Å². The maximum absolute atomic E-state index is 6.14. The van der Waals surface area contributed by atoms with Crippen LogP contribution >= 0.6 is 15.9 Å². The zero-order chi connectivity index (χ0) is 11.1. The van der Waals surface area contributed by atoms with Crippen LogP contribution in [0.15, 0.2) is 16.6 Å². The SMILES string of the molecule is CC(C)(N)c1c(Br)ccc2c1COCO2. The van der Waals surface area contributed by atoms with Crippen LogP contribution in [-0.4, -0.2) is 6.79 Å². The highest BCUT2D eigenvalue weighted by Crippen LogP contribution is 2.37. The molecule has 0 radical (unpaired) electrons. The molecule has 4 heteroatoms. The van der Waals surface area contributed by atoms with Crippen LogP contribution in [0, 0.1) is 0 Å². The highest BCUT2D eigenvalue weighted by molar-refractivity contribution is 9.10. The van der Waals surface area contributed by atoms with Gasteiger partial charge in [0.05, 0.1) is 6.61 Å². The molecule has 0 spiro atoms. The van der Waals surface area contributed by atoms with Gasteiger partial charge in [0.1, 0.15) is 5.75 Å². The van der Waals surface area contributed by atoms with Crippen molar-refractivity contribution in [2.45, 2.75) is 26.0 Å². The molecule has 1 aliphatic heterocycles. The molecule has 1 heterocycles. The topological polar surface area (TPSA) is 44.5 Å². The van der Waals surface area contributed by atoms with Crippen molar-refractivity contribution in [1.29, 1.82) is 0 Å². The van der Waals surface area contributed by atoms with Gasteiger partial charge in [0.2, 0.25) is 0 Å². The Morgan fingerprint density at radius 3 is 2.80 bits per heavy atom. The second-order valence-electron chi connectivity index (χ2n) is 4.23. The van der Waals surface area contributed by atoms with Gasteiger partial charge in [-0.2, -0.15) is 0 Å². The summed E-state index contributed by atoms with van der Waals surface area (Å²) in [7, 11) is 0. The van der Waals surface area contributed by atoms with Gasteiger partial charge in [0.15, 0.2) is 6.79 Å². The average molecular weight is 272 g/mol. The summed E-state index contributed by atoms with van der Waals surface area (Å²) in [5.41, 5.74) is 7.83. The van der Waals surface area contributed by atoms with Crippen molar-refractivity contribution in [3.63, 3.8) is 0 Å². The lowest BCUT2D eigenvalue weighted by Gasteiger charge is -2.28. The molecule has 0 fully saturated rings. The number of hydrogen-bond acceptors (Lipinski definition) is 3. The van der Waals surface area contributed by atoms with E-state index in [4.69, 9.17) is 15.2 Å². The van der Waals surface area contributed by atoms with Gasteiger partial charge in [0.25, 0.3) is 0 Å². The molecule has 0 amide bonds. The molecule has 1 aromatic rings. The lowest BCUT2D eigenvalue weighted by molar-refractivity contribution is -0.0173. The molecular weight excluding hydrogens is 258 g/mol. The third-order valence-electron chi connectivity index (χ3n) is 2.41. The van der Waals surface area contributed by atoms with E-state index in [-0.39, 0.29) is 0 Å². The molecular formula is C11H14BrNO2. The molecule has 0 unspecified atom stereocenters. The van der Waals surface area contributed by atoms with E-state index in [9.17, 15) is 0 Å². The van der Waals surface area contributed by atoms with Gasteiger partial charge >= 0.3 is 0 Å². The number of halogens is 1. The quantitative estimate of drug-likeness (QED) is 0.854. The first kappa shape index (κ1) is 10.9. The predicted molar refractivity (Wildman–Crippen MR) is 61.6 cm³/mol. The summed E-state index contributed by atoms with van der Waals surface area (Å²) in [6.07, 6.45) is 0. The summed E-state index contributed by atoms with van der Waals surface area (Å²) in [6, 6.07) is 3.91. The van der Waals surface area contributed by atoms with Gasteiger partial charge in [-0.25, -0.2) is 0 Å². The molecule has 0 saturated carbocycles. The number of rotatable bonds is 1. The molecule has 0 bridgehead atoms. The van der Waals surface area contributed by atoms with Gasteiger partial charge in [0, 0.05) is 15.6 Å². The van der Waals surface area contributed by atoms with Crippen molar-refractivity contribution in [3.05, 3.63) is 27.7 Å². The number of hydrogen-bond donors (Lipinski definition) is 1. The molecule has 15 heavy (non-hydrogen) atoms. The minimum Gasteiger partial charge on any atom is -0.467 e. The fourth-order valence-electron chi connectivity index (χ4n) is 1.82. The predicted octanol–water partition coefficient (Wildman–Crippen LogP) is 2.51. The summed E-state index contributed by atoms with van der Waals surface area (Å²) < 4.78 is 11.7. The van der Waals surface area contributed by atoms with Gasteiger partial charge in [-0.3, -0.25) is 0 Å². The zero-order valence-electron chi connectivity index (χ0n) is 8.84. The van der Waals surface area contributed by atoms with Crippen LogP contribution in [0.1, 0.15) is 25.0 Å². The van der Waals surface area contributed by atoms with Crippen LogP contribution in [0.25, 0.3) is 0 Å². The highest BCUT2D eigenvalue weighted by Gasteiger charge is 2.26. The molecule has 0 saturated heterocycles. The lowest BCUT2D eigenvalue weighted by atomic mass is 9.90. The summed E-state index contributed by atoms with van der Waals surface area (Å²) in [5, 5.41) is 0. The first-order chi connectivity index (χ1) is 7.00. The third kappa shape index (κ3) is 2.02. The fraction of sp³-hybridized carbons (Fsp3) is 0.455. The molecule has 0 aromatic heterocycles. The normalized spacial score (nSPS) is 15.7. The van der Waals surface area contributed by atoms with Gasteiger partial charge < -0.3 is 15.2 Å². The number of fused-ring (bicyclic) bond motifs is 1. The first-order valence-corrected chi connectivity index (χ1v) is 5.61. The maximum atomic E-state index is 6.14. The van der Waals surface area contributed by atoms with Gasteiger partial charge in [-0.05, 0) is 31.5 Å². The summed E-state index contributed by atoms with van der Waals surface area (Å²) >= 11 is 3.52. The highest BCUT2D eigenvalue weighted by atomic mass is 79.9. The minimum absolute atomic E-state index is 0.319. The van der Waals surface area contributed by atoms with Crippen molar-refractivity contribution in [3.8, 4) is 5.75 Å². The van der Waals surface area contributed by atoms with Crippen molar-refractivity contribution >= 4 is 15.9 Å². The summed E-state index contributed by atoms with van der Waals surface area (Å²) in [6.45, 7) is 4.83. The largest absolute Gasteiger partial charge is 0.467 e. The summed E-state index contributed by atoms with van der Waals surface area (Å²) in [5.74, 6) is 0.873. The van der Waals surface area contributed by atoms with Gasteiger partial charge in [-0.1, -0.05) is 15.9 Å². The second kappa shape index (κ2) is 3.77. The fourth-order valence-corrected chi connectivity index (χ4v) is 2.71. The Hall–Kier alpha value is -0.580. The average Bonchev–Trinajstić information content (AvgIpc) is 2.15. The standard InChI is InChI=1S/C11H14BrNO2/c1-11(2,13)10-7-5-14-6-15-9(7)4-3-8(10)12/h3-4H,5-6,13H2,1-2H3. The molecule has 1 aliphatic rings. The maximum Gasteiger partial charge on any atom is 0.189 e. The monoisotopic (exact) mass is 271 g/mol. The first-order valence-electron chi connectivity index (χ1n) is 4.81. The molecule has 0 atom stereocenters. The van der Waals surface area contributed by atoms with Crippen molar-refractivity contribution < 1.29 is 9.47 Å². The zero-order valence-corrected chi connectivity index (χ0v) is 10.4. The molecule has 2 N–H and O–H groups in total. The van der Waals surface area contributed by atoms with E-state index in [0.717, 1.165) is 21.3 Å². The molecule has 2 rings (SSSR count). The van der Waals surface area contributed by atoms with E-state index in [2.05, 4.69) is 15.9 Å². The Morgan fingerprint density at radius 1 is 1.40 bits per heavy atom. The van der Waals surface area contributed by atoms with Crippen LogP contribution < -0.4 is 10.5 Å². The van der Waals surface area contributed by atoms with Crippen molar-refractivity contribution in [2.75, 3.05) is 6.79 Å². The van der Waals surface area contributed by atoms with Crippen LogP contribution in [0.5, 0.6) is 5.75 Å². The third-order valence-corrected chi connectivity index (χ3v) is 3.07. The van der Waals surface area contributed by atoms with Gasteiger partial charge in [-0.15, -0.1) is 0 Å².